The summed E-state index contributed by atoms with van der Waals surface area (Å²) in [5.74, 6) is 0.861. The van der Waals surface area contributed by atoms with Gasteiger partial charge in [-0.25, -0.2) is 0 Å². The summed E-state index contributed by atoms with van der Waals surface area (Å²) in [5, 5.41) is 9.76. The van der Waals surface area contributed by atoms with Gasteiger partial charge in [0.2, 0.25) is 0 Å². The molecule has 0 amide bonds. The van der Waals surface area contributed by atoms with Crippen LogP contribution in [-0.2, 0) is 4.79 Å². The van der Waals surface area contributed by atoms with Gasteiger partial charge in [-0.2, -0.15) is 0 Å². The molecule has 0 bridgehead atoms. The zero-order valence-electron chi connectivity index (χ0n) is 7.55. The number of hydrogen-bond acceptors (Lipinski definition) is 2. The van der Waals surface area contributed by atoms with E-state index in [1.807, 2.05) is 0 Å². The maximum atomic E-state index is 11.2. The molecule has 2 aliphatic rings. The molecule has 1 unspecified atom stereocenters. The molecule has 2 aliphatic carbocycles. The summed E-state index contributed by atoms with van der Waals surface area (Å²) in [6.45, 7) is 2.14. The molecule has 0 aromatic rings. The second-order valence-electron chi connectivity index (χ2n) is 4.54. The van der Waals surface area contributed by atoms with E-state index < -0.39 is 0 Å². The fourth-order valence-corrected chi connectivity index (χ4v) is 2.78. The molecular weight excluding hydrogens is 152 g/mol. The van der Waals surface area contributed by atoms with Crippen LogP contribution >= 0.6 is 0 Å². The lowest BCUT2D eigenvalue weighted by molar-refractivity contribution is -0.125. The first-order valence-corrected chi connectivity index (χ1v) is 4.83. The maximum absolute atomic E-state index is 11.2. The molecular formula is C10H16O2. The largest absolute Gasteiger partial charge is 0.393 e. The van der Waals surface area contributed by atoms with Crippen LogP contribution in [-0.4, -0.2) is 17.0 Å². The van der Waals surface area contributed by atoms with Gasteiger partial charge < -0.3 is 5.11 Å². The van der Waals surface area contributed by atoms with Gasteiger partial charge in [0.25, 0.3) is 0 Å². The molecule has 2 nitrogen and oxygen atoms in total. The Morgan fingerprint density at radius 2 is 2.25 bits per heavy atom. The van der Waals surface area contributed by atoms with Gasteiger partial charge in [0.15, 0.2) is 0 Å². The van der Waals surface area contributed by atoms with Crippen LogP contribution in [0.3, 0.4) is 0 Å². The third kappa shape index (κ3) is 1.01. The van der Waals surface area contributed by atoms with Gasteiger partial charge in [-0.1, -0.05) is 6.92 Å². The van der Waals surface area contributed by atoms with Crippen LogP contribution in [0.2, 0.25) is 0 Å². The number of rotatable bonds is 0. The molecule has 68 valence electrons. The third-order valence-electron chi connectivity index (χ3n) is 3.90. The van der Waals surface area contributed by atoms with Crippen molar-refractivity contribution >= 4 is 5.78 Å². The predicted molar refractivity (Wildman–Crippen MR) is 45.7 cm³/mol. The number of carbonyl (C=O) groups is 1. The van der Waals surface area contributed by atoms with Crippen molar-refractivity contribution in [2.24, 2.45) is 11.3 Å². The zero-order chi connectivity index (χ0) is 8.77. The van der Waals surface area contributed by atoms with Crippen molar-refractivity contribution in [1.82, 2.24) is 0 Å². The van der Waals surface area contributed by atoms with Gasteiger partial charge in [0.1, 0.15) is 5.78 Å². The van der Waals surface area contributed by atoms with E-state index in [0.29, 0.717) is 24.5 Å². The summed E-state index contributed by atoms with van der Waals surface area (Å²) in [6, 6.07) is 0. The summed E-state index contributed by atoms with van der Waals surface area (Å²) < 4.78 is 0. The molecule has 0 radical (unpaired) electrons. The second-order valence-corrected chi connectivity index (χ2v) is 4.54. The highest BCUT2D eigenvalue weighted by molar-refractivity contribution is 5.79. The lowest BCUT2D eigenvalue weighted by Gasteiger charge is -2.37. The average Bonchev–Trinajstić information content (AvgIpc) is 2.31. The summed E-state index contributed by atoms with van der Waals surface area (Å²) in [7, 11) is 0. The summed E-state index contributed by atoms with van der Waals surface area (Å²) >= 11 is 0. The van der Waals surface area contributed by atoms with Crippen LogP contribution in [0.1, 0.15) is 39.0 Å². The van der Waals surface area contributed by atoms with Crippen LogP contribution in [0, 0.1) is 11.3 Å². The van der Waals surface area contributed by atoms with E-state index >= 15 is 0 Å². The predicted octanol–water partition coefficient (Wildman–Crippen LogP) is 1.52. The number of Topliss-reactive ketones (excluding diaryl/α,β-unsaturated/α-hetero) is 1. The molecule has 0 aromatic carbocycles. The molecule has 2 rings (SSSR count). The highest BCUT2D eigenvalue weighted by Crippen LogP contribution is 2.50. The van der Waals surface area contributed by atoms with Crippen molar-refractivity contribution in [3.8, 4) is 0 Å². The Labute approximate surface area is 73.0 Å². The van der Waals surface area contributed by atoms with Gasteiger partial charge in [0.05, 0.1) is 6.10 Å². The summed E-state index contributed by atoms with van der Waals surface area (Å²) in [4.78, 5) is 11.2. The Kier molecular flexibility index (Phi) is 1.76. The number of aliphatic hydroxyl groups excluding tert-OH is 1. The average molecular weight is 168 g/mol. The van der Waals surface area contributed by atoms with Gasteiger partial charge in [0, 0.05) is 12.8 Å². The molecule has 2 fully saturated rings. The first kappa shape index (κ1) is 8.24. The third-order valence-corrected chi connectivity index (χ3v) is 3.90. The quantitative estimate of drug-likeness (QED) is 0.595. The van der Waals surface area contributed by atoms with E-state index in [0.717, 1.165) is 19.3 Å². The molecule has 2 heteroatoms. The molecule has 0 spiro atoms. The Bertz CT molecular complexity index is 212. The number of aliphatic hydroxyl groups is 1. The minimum Gasteiger partial charge on any atom is -0.393 e. The van der Waals surface area contributed by atoms with Crippen LogP contribution in [0.5, 0.6) is 0 Å². The van der Waals surface area contributed by atoms with E-state index in [1.165, 1.54) is 0 Å². The monoisotopic (exact) mass is 168 g/mol. The van der Waals surface area contributed by atoms with Crippen molar-refractivity contribution in [2.75, 3.05) is 0 Å². The van der Waals surface area contributed by atoms with E-state index in [4.69, 9.17) is 0 Å². The highest BCUT2D eigenvalue weighted by Gasteiger charge is 2.48. The van der Waals surface area contributed by atoms with Crippen molar-refractivity contribution in [2.45, 2.75) is 45.1 Å². The standard InChI is InChI=1S/C10H16O2/c1-10-5-4-8(11)6-7(10)2-3-9(10)12/h7,9,12H,2-6H2,1H3/t7?,9-,10-/m0/s1. The Balaban J connectivity index is 2.19. The van der Waals surface area contributed by atoms with Crippen molar-refractivity contribution < 1.29 is 9.90 Å². The second kappa shape index (κ2) is 2.56. The lowest BCUT2D eigenvalue weighted by Crippen LogP contribution is -2.37. The molecule has 1 N–H and O–H groups in total. The number of hydrogen-bond donors (Lipinski definition) is 1. The van der Waals surface area contributed by atoms with Gasteiger partial charge in [-0.15, -0.1) is 0 Å². The maximum Gasteiger partial charge on any atom is 0.133 e. The minimum atomic E-state index is -0.157. The fourth-order valence-electron chi connectivity index (χ4n) is 2.78. The molecule has 0 aromatic heterocycles. The number of ketones is 1. The fraction of sp³-hybridized carbons (Fsp3) is 0.900. The van der Waals surface area contributed by atoms with Gasteiger partial charge in [-0.05, 0) is 30.6 Å². The van der Waals surface area contributed by atoms with Gasteiger partial charge in [-0.3, -0.25) is 4.79 Å². The Morgan fingerprint density at radius 3 is 3.00 bits per heavy atom. The van der Waals surface area contributed by atoms with Gasteiger partial charge >= 0.3 is 0 Å². The lowest BCUT2D eigenvalue weighted by atomic mass is 9.68. The highest BCUT2D eigenvalue weighted by atomic mass is 16.3. The number of carbonyl (C=O) groups excluding carboxylic acids is 1. The molecule has 0 aliphatic heterocycles. The van der Waals surface area contributed by atoms with E-state index in [2.05, 4.69) is 6.92 Å². The normalized spacial score (nSPS) is 47.7. The first-order chi connectivity index (χ1) is 5.63. The summed E-state index contributed by atoms with van der Waals surface area (Å²) in [6.07, 6.45) is 4.09. The Morgan fingerprint density at radius 1 is 1.50 bits per heavy atom. The van der Waals surface area contributed by atoms with Crippen LogP contribution in [0.15, 0.2) is 0 Å². The van der Waals surface area contributed by atoms with E-state index in [1.54, 1.807) is 0 Å². The smallest absolute Gasteiger partial charge is 0.133 e. The van der Waals surface area contributed by atoms with Crippen LogP contribution < -0.4 is 0 Å². The first-order valence-electron chi connectivity index (χ1n) is 4.83. The number of fused-ring (bicyclic) bond motifs is 1. The molecule has 12 heavy (non-hydrogen) atoms. The minimum absolute atomic E-state index is 0.0634. The van der Waals surface area contributed by atoms with Crippen molar-refractivity contribution in [3.05, 3.63) is 0 Å². The van der Waals surface area contributed by atoms with Crippen molar-refractivity contribution in [1.29, 1.82) is 0 Å². The molecule has 0 saturated heterocycles. The summed E-state index contributed by atoms with van der Waals surface area (Å²) in [5.41, 5.74) is 0.0634. The zero-order valence-corrected chi connectivity index (χ0v) is 7.55. The topological polar surface area (TPSA) is 37.3 Å². The van der Waals surface area contributed by atoms with E-state index in [-0.39, 0.29) is 11.5 Å². The SMILES string of the molecule is C[C@]12CCC(=O)CC1CC[C@@H]2O. The van der Waals surface area contributed by atoms with E-state index in [9.17, 15) is 9.90 Å². The molecule has 3 atom stereocenters. The van der Waals surface area contributed by atoms with Crippen LogP contribution in [0.25, 0.3) is 0 Å². The van der Waals surface area contributed by atoms with Crippen molar-refractivity contribution in [3.63, 3.8) is 0 Å². The Hall–Kier alpha value is -0.370. The van der Waals surface area contributed by atoms with Crippen LogP contribution in [0.4, 0.5) is 0 Å². The molecule has 2 saturated carbocycles. The molecule has 0 heterocycles.